The van der Waals surface area contributed by atoms with E-state index in [0.29, 0.717) is 5.56 Å². The molecule has 1 aromatic carbocycles. The number of alkyl halides is 3. The van der Waals surface area contributed by atoms with Crippen LogP contribution in [0, 0.1) is 0 Å². The summed E-state index contributed by atoms with van der Waals surface area (Å²) in [5, 5.41) is 9.61. The molecule has 1 aromatic heterocycles. The van der Waals surface area contributed by atoms with E-state index in [1.54, 1.807) is 24.4 Å². The predicted molar refractivity (Wildman–Crippen MR) is 60.4 cm³/mol. The number of aromatic nitrogens is 2. The number of benzene rings is 1. The Bertz CT molecular complexity index is 580. The fourth-order valence-corrected chi connectivity index (χ4v) is 1.52. The number of H-pyrrole nitrogens is 1. The van der Waals surface area contributed by atoms with Crippen LogP contribution < -0.4 is 5.32 Å². The minimum atomic E-state index is -4.68. The number of hydrogen-bond acceptors (Lipinski definition) is 3. The molecule has 0 radical (unpaired) electrons. The first-order valence-electron chi connectivity index (χ1n) is 5.38. The first kappa shape index (κ1) is 13.3. The molecule has 0 aliphatic rings. The molecule has 0 aliphatic carbocycles. The monoisotopic (exact) mass is 273 g/mol. The Balaban J connectivity index is 1.89. The molecule has 0 saturated carbocycles. The van der Waals surface area contributed by atoms with Gasteiger partial charge in [-0.15, -0.1) is 13.2 Å². The number of ether oxygens (including phenoxy) is 1. The second kappa shape index (κ2) is 5.27. The molecule has 2 rings (SSSR count). The van der Waals surface area contributed by atoms with Crippen molar-refractivity contribution in [2.75, 3.05) is 13.2 Å². The summed E-state index contributed by atoms with van der Waals surface area (Å²) in [6.45, 7) is -0.842. The Morgan fingerprint density at radius 2 is 2.21 bits per heavy atom. The maximum atomic E-state index is 11.7. The summed E-state index contributed by atoms with van der Waals surface area (Å²) in [6.07, 6.45) is -3.13. The van der Waals surface area contributed by atoms with Crippen molar-refractivity contribution in [1.29, 1.82) is 0 Å². The molecule has 1 amide bonds. The Kier molecular flexibility index (Phi) is 3.70. The molecule has 0 bridgehead atoms. The summed E-state index contributed by atoms with van der Waals surface area (Å²) in [4.78, 5) is 11.7. The molecular weight excluding hydrogens is 263 g/mol. The number of carbonyl (C=O) groups is 1. The highest BCUT2D eigenvalue weighted by atomic mass is 19.4. The van der Waals surface area contributed by atoms with E-state index in [1.807, 2.05) is 0 Å². The molecule has 0 atom stereocenters. The zero-order valence-electron chi connectivity index (χ0n) is 9.62. The number of aromatic amines is 1. The van der Waals surface area contributed by atoms with Crippen LogP contribution in [0.3, 0.4) is 0 Å². The first-order chi connectivity index (χ1) is 8.96. The van der Waals surface area contributed by atoms with E-state index in [4.69, 9.17) is 0 Å². The van der Waals surface area contributed by atoms with E-state index in [0.717, 1.165) is 10.9 Å². The van der Waals surface area contributed by atoms with Crippen molar-refractivity contribution in [3.8, 4) is 0 Å². The Morgan fingerprint density at radius 1 is 1.42 bits per heavy atom. The third-order valence-corrected chi connectivity index (χ3v) is 2.36. The van der Waals surface area contributed by atoms with E-state index < -0.39 is 18.9 Å². The smallest absolute Gasteiger partial charge is 0.350 e. The van der Waals surface area contributed by atoms with Gasteiger partial charge in [0.15, 0.2) is 0 Å². The van der Waals surface area contributed by atoms with Gasteiger partial charge in [0.05, 0.1) is 18.3 Å². The van der Waals surface area contributed by atoms with E-state index in [-0.39, 0.29) is 6.54 Å². The van der Waals surface area contributed by atoms with Gasteiger partial charge in [-0.05, 0) is 18.2 Å². The number of hydrogen-bond donors (Lipinski definition) is 2. The number of rotatable bonds is 4. The number of fused-ring (bicyclic) bond motifs is 1. The van der Waals surface area contributed by atoms with Crippen LogP contribution in [0.2, 0.25) is 0 Å². The number of nitrogens with zero attached hydrogens (tertiary/aromatic N) is 1. The molecule has 0 aliphatic heterocycles. The summed E-state index contributed by atoms with van der Waals surface area (Å²) < 4.78 is 38.6. The van der Waals surface area contributed by atoms with Gasteiger partial charge >= 0.3 is 6.36 Å². The molecule has 0 saturated heterocycles. The average Bonchev–Trinajstić information content (AvgIpc) is 2.80. The lowest BCUT2D eigenvalue weighted by molar-refractivity contribution is -0.323. The van der Waals surface area contributed by atoms with Crippen LogP contribution in [-0.4, -0.2) is 35.6 Å². The van der Waals surface area contributed by atoms with Gasteiger partial charge in [-0.1, -0.05) is 0 Å². The van der Waals surface area contributed by atoms with Crippen molar-refractivity contribution in [2.24, 2.45) is 0 Å². The van der Waals surface area contributed by atoms with Crippen molar-refractivity contribution < 1.29 is 22.7 Å². The van der Waals surface area contributed by atoms with E-state index in [9.17, 15) is 18.0 Å². The minimum absolute atomic E-state index is 0.220. The van der Waals surface area contributed by atoms with Crippen molar-refractivity contribution in [3.63, 3.8) is 0 Å². The highest BCUT2D eigenvalue weighted by molar-refractivity contribution is 5.97. The van der Waals surface area contributed by atoms with Gasteiger partial charge in [0.2, 0.25) is 0 Å². The molecule has 0 fully saturated rings. The third kappa shape index (κ3) is 3.68. The van der Waals surface area contributed by atoms with Crippen molar-refractivity contribution >= 4 is 16.8 Å². The molecular formula is C11H10F3N3O2. The molecule has 8 heteroatoms. The van der Waals surface area contributed by atoms with Crippen LogP contribution in [0.25, 0.3) is 10.9 Å². The van der Waals surface area contributed by atoms with Gasteiger partial charge in [0.1, 0.15) is 0 Å². The van der Waals surface area contributed by atoms with Crippen molar-refractivity contribution in [1.82, 2.24) is 15.5 Å². The van der Waals surface area contributed by atoms with Gasteiger partial charge < -0.3 is 5.32 Å². The zero-order chi connectivity index (χ0) is 13.9. The topological polar surface area (TPSA) is 67.0 Å². The molecule has 0 spiro atoms. The maximum absolute atomic E-state index is 11.7. The van der Waals surface area contributed by atoms with Crippen LogP contribution in [0.1, 0.15) is 10.4 Å². The summed E-state index contributed by atoms with van der Waals surface area (Å²) >= 11 is 0. The highest BCUT2D eigenvalue weighted by Gasteiger charge is 2.28. The second-order valence-corrected chi connectivity index (χ2v) is 3.72. The Morgan fingerprint density at radius 3 is 2.95 bits per heavy atom. The van der Waals surface area contributed by atoms with E-state index in [1.165, 1.54) is 0 Å². The number of halogens is 3. The molecule has 0 unspecified atom stereocenters. The van der Waals surface area contributed by atoms with Crippen LogP contribution >= 0.6 is 0 Å². The van der Waals surface area contributed by atoms with Gasteiger partial charge in [-0.2, -0.15) is 5.10 Å². The van der Waals surface area contributed by atoms with Crippen LogP contribution in [0.5, 0.6) is 0 Å². The molecule has 102 valence electrons. The summed E-state index contributed by atoms with van der Waals surface area (Å²) in [7, 11) is 0. The molecule has 19 heavy (non-hydrogen) atoms. The Labute approximate surface area is 105 Å². The lowest BCUT2D eigenvalue weighted by Crippen LogP contribution is -2.29. The fraction of sp³-hybridized carbons (Fsp3) is 0.273. The van der Waals surface area contributed by atoms with Gasteiger partial charge in [0, 0.05) is 17.5 Å². The maximum Gasteiger partial charge on any atom is 0.522 e. The molecule has 2 N–H and O–H groups in total. The molecule has 1 heterocycles. The van der Waals surface area contributed by atoms with E-state index in [2.05, 4.69) is 20.3 Å². The molecule has 5 nitrogen and oxygen atoms in total. The van der Waals surface area contributed by atoms with Gasteiger partial charge in [0.25, 0.3) is 5.91 Å². The summed E-state index contributed by atoms with van der Waals surface area (Å²) in [5.41, 5.74) is 1.12. The van der Waals surface area contributed by atoms with Crippen molar-refractivity contribution in [3.05, 3.63) is 30.0 Å². The number of amides is 1. The van der Waals surface area contributed by atoms with Crippen molar-refractivity contribution in [2.45, 2.75) is 6.36 Å². The van der Waals surface area contributed by atoms with Gasteiger partial charge in [-0.25, -0.2) is 0 Å². The highest BCUT2D eigenvalue weighted by Crippen LogP contribution is 2.15. The quantitative estimate of drug-likeness (QED) is 0.835. The van der Waals surface area contributed by atoms with E-state index >= 15 is 0 Å². The van der Waals surface area contributed by atoms with Gasteiger partial charge in [-0.3, -0.25) is 14.6 Å². The lowest BCUT2D eigenvalue weighted by Gasteiger charge is -2.08. The number of nitrogens with one attached hydrogen (secondary N) is 2. The van der Waals surface area contributed by atoms with Crippen LogP contribution in [0.15, 0.2) is 24.4 Å². The summed E-state index contributed by atoms with van der Waals surface area (Å²) in [6, 6.07) is 4.82. The SMILES string of the molecule is O=C(NCCOC(F)(F)F)c1ccc2[nH]ncc2c1. The normalized spacial score (nSPS) is 11.7. The second-order valence-electron chi connectivity index (χ2n) is 3.72. The largest absolute Gasteiger partial charge is 0.522 e. The standard InChI is InChI=1S/C11H10F3N3O2/c12-11(13,14)19-4-3-15-10(18)7-1-2-9-8(5-7)6-16-17-9/h1-2,5-6H,3-4H2,(H,15,18)(H,16,17). The first-order valence-corrected chi connectivity index (χ1v) is 5.38. The third-order valence-electron chi connectivity index (χ3n) is 2.36. The number of carbonyl (C=O) groups excluding carboxylic acids is 1. The summed E-state index contributed by atoms with van der Waals surface area (Å²) in [5.74, 6) is -0.464. The predicted octanol–water partition coefficient (Wildman–Crippen LogP) is 1.83. The average molecular weight is 273 g/mol. The zero-order valence-corrected chi connectivity index (χ0v) is 9.62. The lowest BCUT2D eigenvalue weighted by atomic mass is 10.1. The Hall–Kier alpha value is -2.09. The van der Waals surface area contributed by atoms with Crippen LogP contribution in [0.4, 0.5) is 13.2 Å². The van der Waals surface area contributed by atoms with Crippen LogP contribution in [-0.2, 0) is 4.74 Å². The molecule has 2 aromatic rings. The minimum Gasteiger partial charge on any atom is -0.350 e. The fourth-order valence-electron chi connectivity index (χ4n) is 1.52.